The molecule has 2 heterocycles. The second-order valence-electron chi connectivity index (χ2n) is 5.98. The fourth-order valence-electron chi connectivity index (χ4n) is 2.90. The number of rotatable bonds is 3. The molecule has 0 bridgehead atoms. The zero-order valence-corrected chi connectivity index (χ0v) is 13.5. The van der Waals surface area contributed by atoms with E-state index < -0.39 is 11.7 Å². The van der Waals surface area contributed by atoms with Crippen molar-refractivity contribution in [1.29, 1.82) is 0 Å². The number of aromatic nitrogens is 1. The summed E-state index contributed by atoms with van der Waals surface area (Å²) in [5, 5.41) is 2.72. The molecule has 0 radical (unpaired) electrons. The fraction of sp³-hybridized carbons (Fsp3) is 0.333. The summed E-state index contributed by atoms with van der Waals surface area (Å²) in [4.78, 5) is 18.3. The van der Waals surface area contributed by atoms with E-state index in [1.807, 2.05) is 0 Å². The van der Waals surface area contributed by atoms with Crippen molar-refractivity contribution in [3.05, 3.63) is 53.9 Å². The average Bonchev–Trinajstić information content (AvgIpc) is 2.62. The Labute approximate surface area is 143 Å². The van der Waals surface area contributed by atoms with Crippen molar-refractivity contribution in [3.8, 4) is 0 Å². The Kier molecular flexibility index (Phi) is 4.92. The normalized spacial score (nSPS) is 15.1. The fourth-order valence-corrected chi connectivity index (χ4v) is 2.90. The first kappa shape index (κ1) is 17.3. The Morgan fingerprint density at radius 3 is 2.52 bits per heavy atom. The number of alkyl halides is 3. The SMILES string of the molecule is O=C(c1cncc(Nc2ccccc2C(F)(F)F)c1)N1CCCCC1. The lowest BCUT2D eigenvalue weighted by Gasteiger charge is -2.26. The van der Waals surface area contributed by atoms with Gasteiger partial charge in [0.15, 0.2) is 0 Å². The number of benzene rings is 1. The minimum atomic E-state index is -4.46. The number of nitrogens with one attached hydrogen (secondary N) is 1. The number of nitrogens with zero attached hydrogens (tertiary/aromatic N) is 2. The van der Waals surface area contributed by atoms with Gasteiger partial charge in [0.2, 0.25) is 0 Å². The highest BCUT2D eigenvalue weighted by molar-refractivity contribution is 5.95. The molecule has 1 fully saturated rings. The van der Waals surface area contributed by atoms with Crippen molar-refractivity contribution in [1.82, 2.24) is 9.88 Å². The van der Waals surface area contributed by atoms with Gasteiger partial charge in [0, 0.05) is 19.3 Å². The summed E-state index contributed by atoms with van der Waals surface area (Å²) < 4.78 is 39.3. The molecular weight excluding hydrogens is 331 g/mol. The number of carbonyl (C=O) groups is 1. The lowest BCUT2D eigenvalue weighted by Crippen LogP contribution is -2.35. The quantitative estimate of drug-likeness (QED) is 0.889. The molecule has 1 aliphatic heterocycles. The zero-order valence-electron chi connectivity index (χ0n) is 13.5. The van der Waals surface area contributed by atoms with Gasteiger partial charge < -0.3 is 10.2 Å². The molecule has 1 saturated heterocycles. The largest absolute Gasteiger partial charge is 0.418 e. The monoisotopic (exact) mass is 349 g/mol. The number of halogens is 3. The van der Waals surface area contributed by atoms with Gasteiger partial charge in [-0.15, -0.1) is 0 Å². The molecule has 0 atom stereocenters. The summed E-state index contributed by atoms with van der Waals surface area (Å²) in [5.41, 5.74) is -0.113. The molecule has 1 aliphatic rings. The van der Waals surface area contributed by atoms with Crippen LogP contribution in [0.15, 0.2) is 42.7 Å². The van der Waals surface area contributed by atoms with Gasteiger partial charge in [-0.25, -0.2) is 0 Å². The molecule has 7 heteroatoms. The number of anilines is 2. The molecule has 1 aromatic heterocycles. The van der Waals surface area contributed by atoms with Crippen molar-refractivity contribution in [3.63, 3.8) is 0 Å². The molecule has 1 aromatic carbocycles. The Balaban J connectivity index is 1.82. The number of likely N-dealkylation sites (tertiary alicyclic amines) is 1. The second-order valence-corrected chi connectivity index (χ2v) is 5.98. The zero-order chi connectivity index (χ0) is 17.9. The van der Waals surface area contributed by atoms with E-state index in [0.717, 1.165) is 25.3 Å². The summed E-state index contributed by atoms with van der Waals surface area (Å²) in [5.74, 6) is -0.139. The van der Waals surface area contributed by atoms with E-state index >= 15 is 0 Å². The van der Waals surface area contributed by atoms with Crippen LogP contribution in [-0.2, 0) is 6.18 Å². The van der Waals surface area contributed by atoms with Gasteiger partial charge in [-0.3, -0.25) is 9.78 Å². The van der Waals surface area contributed by atoms with Crippen LogP contribution in [-0.4, -0.2) is 28.9 Å². The summed E-state index contributed by atoms with van der Waals surface area (Å²) in [7, 11) is 0. The molecule has 0 spiro atoms. The molecule has 0 saturated carbocycles. The Bertz CT molecular complexity index is 755. The van der Waals surface area contributed by atoms with E-state index in [1.165, 1.54) is 36.7 Å². The van der Waals surface area contributed by atoms with Gasteiger partial charge >= 0.3 is 6.18 Å². The molecule has 1 N–H and O–H groups in total. The smallest absolute Gasteiger partial charge is 0.354 e. The maximum atomic E-state index is 13.1. The molecule has 132 valence electrons. The minimum absolute atomic E-state index is 0.0700. The van der Waals surface area contributed by atoms with Gasteiger partial charge in [0.25, 0.3) is 5.91 Å². The van der Waals surface area contributed by atoms with Crippen LogP contribution >= 0.6 is 0 Å². The summed E-state index contributed by atoms with van der Waals surface area (Å²) in [6.45, 7) is 1.40. The number of amides is 1. The third-order valence-electron chi connectivity index (χ3n) is 4.14. The number of para-hydroxylation sites is 1. The molecule has 25 heavy (non-hydrogen) atoms. The average molecular weight is 349 g/mol. The predicted octanol–water partition coefficient (Wildman–Crippen LogP) is 4.47. The second kappa shape index (κ2) is 7.13. The molecule has 1 amide bonds. The molecule has 0 aliphatic carbocycles. The van der Waals surface area contributed by atoms with E-state index in [9.17, 15) is 18.0 Å². The maximum absolute atomic E-state index is 13.1. The Morgan fingerprint density at radius 2 is 1.80 bits per heavy atom. The number of hydrogen-bond donors (Lipinski definition) is 1. The van der Waals surface area contributed by atoms with Crippen LogP contribution in [0.1, 0.15) is 35.2 Å². The van der Waals surface area contributed by atoms with Crippen molar-refractivity contribution in [2.75, 3.05) is 18.4 Å². The van der Waals surface area contributed by atoms with Crippen LogP contribution in [0, 0.1) is 0 Å². The maximum Gasteiger partial charge on any atom is 0.418 e. The summed E-state index contributed by atoms with van der Waals surface area (Å²) >= 11 is 0. The molecule has 2 aromatic rings. The van der Waals surface area contributed by atoms with E-state index in [-0.39, 0.29) is 11.6 Å². The number of hydrogen-bond acceptors (Lipinski definition) is 3. The van der Waals surface area contributed by atoms with Gasteiger partial charge in [-0.05, 0) is 37.5 Å². The van der Waals surface area contributed by atoms with Gasteiger partial charge in [-0.2, -0.15) is 13.2 Å². The predicted molar refractivity (Wildman–Crippen MR) is 88.7 cm³/mol. The van der Waals surface area contributed by atoms with Crippen molar-refractivity contribution >= 4 is 17.3 Å². The highest BCUT2D eigenvalue weighted by Gasteiger charge is 2.33. The van der Waals surface area contributed by atoms with Gasteiger partial charge in [-0.1, -0.05) is 12.1 Å². The van der Waals surface area contributed by atoms with E-state index in [2.05, 4.69) is 10.3 Å². The number of carbonyl (C=O) groups excluding carboxylic acids is 1. The van der Waals surface area contributed by atoms with Crippen molar-refractivity contribution < 1.29 is 18.0 Å². The first-order valence-corrected chi connectivity index (χ1v) is 8.13. The van der Waals surface area contributed by atoms with Crippen LogP contribution in [0.4, 0.5) is 24.5 Å². The molecule has 3 rings (SSSR count). The lowest BCUT2D eigenvalue weighted by molar-refractivity contribution is -0.136. The summed E-state index contributed by atoms with van der Waals surface area (Å²) in [6, 6.07) is 6.76. The molecule has 0 unspecified atom stereocenters. The van der Waals surface area contributed by atoms with Crippen LogP contribution < -0.4 is 5.32 Å². The van der Waals surface area contributed by atoms with Crippen molar-refractivity contribution in [2.45, 2.75) is 25.4 Å². The molecular formula is C18H18F3N3O. The minimum Gasteiger partial charge on any atom is -0.354 e. The standard InChI is InChI=1S/C18H18F3N3O/c19-18(20,21)15-6-2-3-7-16(15)23-14-10-13(11-22-12-14)17(25)24-8-4-1-5-9-24/h2-3,6-7,10-12,23H,1,4-5,8-9H2. The topological polar surface area (TPSA) is 45.2 Å². The van der Waals surface area contributed by atoms with Gasteiger partial charge in [0.05, 0.1) is 28.7 Å². The highest BCUT2D eigenvalue weighted by Crippen LogP contribution is 2.35. The third-order valence-corrected chi connectivity index (χ3v) is 4.14. The first-order chi connectivity index (χ1) is 11.9. The van der Waals surface area contributed by atoms with Crippen LogP contribution in [0.25, 0.3) is 0 Å². The number of pyridine rings is 1. The number of piperidine rings is 1. The van der Waals surface area contributed by atoms with Crippen LogP contribution in [0.2, 0.25) is 0 Å². The Morgan fingerprint density at radius 1 is 1.08 bits per heavy atom. The first-order valence-electron chi connectivity index (χ1n) is 8.13. The third kappa shape index (κ3) is 4.10. The van der Waals surface area contributed by atoms with E-state index in [0.29, 0.717) is 24.3 Å². The van der Waals surface area contributed by atoms with Crippen molar-refractivity contribution in [2.24, 2.45) is 0 Å². The molecule has 4 nitrogen and oxygen atoms in total. The van der Waals surface area contributed by atoms with Crippen LogP contribution in [0.5, 0.6) is 0 Å². The van der Waals surface area contributed by atoms with Gasteiger partial charge in [0.1, 0.15) is 0 Å². The van der Waals surface area contributed by atoms with E-state index in [1.54, 1.807) is 4.90 Å². The lowest BCUT2D eigenvalue weighted by atomic mass is 10.1. The van der Waals surface area contributed by atoms with E-state index in [4.69, 9.17) is 0 Å². The highest BCUT2D eigenvalue weighted by atomic mass is 19.4. The summed E-state index contributed by atoms with van der Waals surface area (Å²) in [6.07, 6.45) is 1.43. The Hall–Kier alpha value is -2.57. The van der Waals surface area contributed by atoms with Crippen LogP contribution in [0.3, 0.4) is 0 Å².